The van der Waals surface area contributed by atoms with Crippen LogP contribution in [0.4, 0.5) is 0 Å². The van der Waals surface area contributed by atoms with Crippen molar-refractivity contribution in [2.75, 3.05) is 19.8 Å². The molecule has 0 fully saturated rings. The van der Waals surface area contributed by atoms with Crippen molar-refractivity contribution in [3.8, 4) is 11.5 Å². The Kier molecular flexibility index (Phi) is 6.26. The lowest BCUT2D eigenvalue weighted by molar-refractivity contribution is -0.148. The van der Waals surface area contributed by atoms with E-state index in [2.05, 4.69) is 5.32 Å². The van der Waals surface area contributed by atoms with Crippen molar-refractivity contribution in [2.24, 2.45) is 0 Å². The molecule has 1 heterocycles. The van der Waals surface area contributed by atoms with Gasteiger partial charge in [0.2, 0.25) is 0 Å². The van der Waals surface area contributed by atoms with Crippen LogP contribution in [0.25, 0.3) is 0 Å². The number of esters is 1. The van der Waals surface area contributed by atoms with E-state index in [9.17, 15) is 9.59 Å². The van der Waals surface area contributed by atoms with E-state index in [0.717, 1.165) is 18.4 Å². The predicted octanol–water partition coefficient (Wildman–Crippen LogP) is 1.85. The maximum Gasteiger partial charge on any atom is 0.310 e. The SMILES string of the molecule is CCC(CC)NC(=O)COC(=O)Cc1ccc2c(c1)OCCO2. The molecule has 0 unspecified atom stereocenters. The second kappa shape index (κ2) is 8.41. The summed E-state index contributed by atoms with van der Waals surface area (Å²) in [5.74, 6) is 0.599. The van der Waals surface area contributed by atoms with Crippen molar-refractivity contribution in [3.63, 3.8) is 0 Å². The van der Waals surface area contributed by atoms with Gasteiger partial charge in [0.05, 0.1) is 6.42 Å². The fourth-order valence-electron chi connectivity index (χ4n) is 2.32. The second-order valence-electron chi connectivity index (χ2n) is 5.40. The Hall–Kier alpha value is -2.24. The molecule has 0 aromatic heterocycles. The third-order valence-electron chi connectivity index (χ3n) is 3.67. The van der Waals surface area contributed by atoms with Gasteiger partial charge in [0.25, 0.3) is 5.91 Å². The third-order valence-corrected chi connectivity index (χ3v) is 3.67. The minimum atomic E-state index is -0.443. The average molecular weight is 321 g/mol. The molecule has 6 nitrogen and oxygen atoms in total. The number of fused-ring (bicyclic) bond motifs is 1. The summed E-state index contributed by atoms with van der Waals surface area (Å²) in [7, 11) is 0. The molecular formula is C17H23NO5. The molecule has 0 bridgehead atoms. The molecule has 2 rings (SSSR count). The monoisotopic (exact) mass is 321 g/mol. The summed E-state index contributed by atoms with van der Waals surface area (Å²) in [6, 6.07) is 5.45. The van der Waals surface area contributed by atoms with Crippen LogP contribution in [-0.2, 0) is 20.7 Å². The van der Waals surface area contributed by atoms with Crippen LogP contribution in [0.3, 0.4) is 0 Å². The zero-order valence-corrected chi connectivity index (χ0v) is 13.6. The lowest BCUT2D eigenvalue weighted by Crippen LogP contribution is -2.37. The molecule has 6 heteroatoms. The molecule has 23 heavy (non-hydrogen) atoms. The lowest BCUT2D eigenvalue weighted by Gasteiger charge is -2.18. The minimum absolute atomic E-state index is 0.0922. The van der Waals surface area contributed by atoms with Crippen molar-refractivity contribution in [1.82, 2.24) is 5.32 Å². The number of rotatable bonds is 7. The van der Waals surface area contributed by atoms with Gasteiger partial charge >= 0.3 is 5.97 Å². The highest BCUT2D eigenvalue weighted by molar-refractivity contribution is 5.81. The van der Waals surface area contributed by atoms with Crippen molar-refractivity contribution in [1.29, 1.82) is 0 Å². The number of hydrogen-bond acceptors (Lipinski definition) is 5. The second-order valence-corrected chi connectivity index (χ2v) is 5.40. The van der Waals surface area contributed by atoms with Gasteiger partial charge in [0.15, 0.2) is 18.1 Å². The summed E-state index contributed by atoms with van der Waals surface area (Å²) in [5.41, 5.74) is 0.764. The zero-order chi connectivity index (χ0) is 16.7. The maximum absolute atomic E-state index is 11.8. The van der Waals surface area contributed by atoms with Crippen LogP contribution in [0, 0.1) is 0 Å². The minimum Gasteiger partial charge on any atom is -0.486 e. The van der Waals surface area contributed by atoms with Gasteiger partial charge in [-0.05, 0) is 30.5 Å². The number of benzene rings is 1. The molecule has 1 N–H and O–H groups in total. The highest BCUT2D eigenvalue weighted by atomic mass is 16.6. The topological polar surface area (TPSA) is 73.9 Å². The van der Waals surface area contributed by atoms with Crippen LogP contribution in [0.1, 0.15) is 32.3 Å². The molecule has 1 aliphatic rings. The van der Waals surface area contributed by atoms with E-state index in [0.29, 0.717) is 24.7 Å². The summed E-state index contributed by atoms with van der Waals surface area (Å²) < 4.78 is 15.9. The number of ether oxygens (including phenoxy) is 3. The highest BCUT2D eigenvalue weighted by Crippen LogP contribution is 2.30. The van der Waals surface area contributed by atoms with Crippen LogP contribution < -0.4 is 14.8 Å². The van der Waals surface area contributed by atoms with E-state index in [4.69, 9.17) is 14.2 Å². The van der Waals surface area contributed by atoms with E-state index >= 15 is 0 Å². The number of nitrogens with one attached hydrogen (secondary N) is 1. The Labute approximate surface area is 136 Å². The first kappa shape index (κ1) is 17.1. The van der Waals surface area contributed by atoms with E-state index in [1.54, 1.807) is 18.2 Å². The first-order valence-electron chi connectivity index (χ1n) is 7.95. The quantitative estimate of drug-likeness (QED) is 0.776. The summed E-state index contributed by atoms with van der Waals surface area (Å²) >= 11 is 0. The molecule has 0 spiro atoms. The normalized spacial score (nSPS) is 12.8. The third kappa shape index (κ3) is 5.16. The Morgan fingerprint density at radius 3 is 2.57 bits per heavy atom. The fourth-order valence-corrected chi connectivity index (χ4v) is 2.32. The van der Waals surface area contributed by atoms with Crippen molar-refractivity contribution < 1.29 is 23.8 Å². The van der Waals surface area contributed by atoms with Crippen molar-refractivity contribution in [3.05, 3.63) is 23.8 Å². The number of carbonyl (C=O) groups is 2. The molecule has 0 atom stereocenters. The van der Waals surface area contributed by atoms with E-state index < -0.39 is 5.97 Å². The average Bonchev–Trinajstić information content (AvgIpc) is 2.57. The molecule has 0 aliphatic carbocycles. The summed E-state index contributed by atoms with van der Waals surface area (Å²) in [5, 5.41) is 2.82. The Morgan fingerprint density at radius 2 is 1.87 bits per heavy atom. The van der Waals surface area contributed by atoms with E-state index in [-0.39, 0.29) is 25.0 Å². The molecule has 1 aromatic carbocycles. The van der Waals surface area contributed by atoms with Gasteiger partial charge in [-0.15, -0.1) is 0 Å². The Balaban J connectivity index is 1.79. The van der Waals surface area contributed by atoms with Gasteiger partial charge in [-0.3, -0.25) is 9.59 Å². The highest BCUT2D eigenvalue weighted by Gasteiger charge is 2.15. The van der Waals surface area contributed by atoms with Crippen molar-refractivity contribution in [2.45, 2.75) is 39.2 Å². The van der Waals surface area contributed by atoms with Gasteiger partial charge in [-0.25, -0.2) is 0 Å². The van der Waals surface area contributed by atoms with E-state index in [1.165, 1.54) is 0 Å². The maximum atomic E-state index is 11.8. The summed E-state index contributed by atoms with van der Waals surface area (Å²) in [6.07, 6.45) is 1.80. The Morgan fingerprint density at radius 1 is 1.17 bits per heavy atom. The van der Waals surface area contributed by atoms with Gasteiger partial charge in [-0.1, -0.05) is 19.9 Å². The van der Waals surface area contributed by atoms with Crippen LogP contribution in [0.5, 0.6) is 11.5 Å². The van der Waals surface area contributed by atoms with Crippen LogP contribution in [0.2, 0.25) is 0 Å². The van der Waals surface area contributed by atoms with Crippen molar-refractivity contribution >= 4 is 11.9 Å². The molecule has 1 aliphatic heterocycles. The molecular weight excluding hydrogens is 298 g/mol. The fraction of sp³-hybridized carbons (Fsp3) is 0.529. The lowest BCUT2D eigenvalue weighted by atomic mass is 10.1. The van der Waals surface area contributed by atoms with Gasteiger partial charge in [0.1, 0.15) is 13.2 Å². The van der Waals surface area contributed by atoms with Gasteiger partial charge in [-0.2, -0.15) is 0 Å². The summed E-state index contributed by atoms with van der Waals surface area (Å²) in [4.78, 5) is 23.5. The van der Waals surface area contributed by atoms with Crippen LogP contribution >= 0.6 is 0 Å². The number of carbonyl (C=O) groups excluding carboxylic acids is 2. The van der Waals surface area contributed by atoms with Gasteiger partial charge in [0, 0.05) is 6.04 Å². The molecule has 0 saturated heterocycles. The number of hydrogen-bond donors (Lipinski definition) is 1. The molecule has 0 saturated carbocycles. The van der Waals surface area contributed by atoms with Crippen LogP contribution in [0.15, 0.2) is 18.2 Å². The number of amides is 1. The van der Waals surface area contributed by atoms with Crippen LogP contribution in [-0.4, -0.2) is 37.7 Å². The summed E-state index contributed by atoms with van der Waals surface area (Å²) in [6.45, 7) is 4.78. The largest absolute Gasteiger partial charge is 0.486 e. The first-order chi connectivity index (χ1) is 11.1. The first-order valence-corrected chi connectivity index (χ1v) is 7.95. The molecule has 126 valence electrons. The standard InChI is InChI=1S/C17H23NO5/c1-3-13(4-2)18-16(19)11-23-17(20)10-12-5-6-14-15(9-12)22-8-7-21-14/h5-6,9,13H,3-4,7-8,10-11H2,1-2H3,(H,18,19). The smallest absolute Gasteiger partial charge is 0.310 e. The Bertz CT molecular complexity index is 554. The predicted molar refractivity (Wildman–Crippen MR) is 84.6 cm³/mol. The zero-order valence-electron chi connectivity index (χ0n) is 13.6. The molecule has 1 aromatic rings. The molecule has 1 amide bonds. The molecule has 0 radical (unpaired) electrons. The van der Waals surface area contributed by atoms with Gasteiger partial charge < -0.3 is 19.5 Å². The van der Waals surface area contributed by atoms with E-state index in [1.807, 2.05) is 13.8 Å².